The molecule has 2 unspecified atom stereocenters. The average molecular weight is 393 g/mol. The highest BCUT2D eigenvalue weighted by Gasteiger charge is 2.52. The van der Waals surface area contributed by atoms with E-state index in [1.807, 2.05) is 13.8 Å². The van der Waals surface area contributed by atoms with Crippen LogP contribution in [-0.2, 0) is 19.2 Å². The van der Waals surface area contributed by atoms with Gasteiger partial charge >= 0.3 is 0 Å². The van der Waals surface area contributed by atoms with Crippen molar-refractivity contribution in [3.8, 4) is 0 Å². The maximum Gasteiger partial charge on any atom is 0.230 e. The lowest BCUT2D eigenvalue weighted by Crippen LogP contribution is -2.77. The quantitative estimate of drug-likeness (QED) is 0.460. The summed E-state index contributed by atoms with van der Waals surface area (Å²) in [6, 6.07) is -0.0845. The summed E-state index contributed by atoms with van der Waals surface area (Å²) in [5.74, 6) is -0.0977. The van der Waals surface area contributed by atoms with Crippen molar-refractivity contribution in [2.45, 2.75) is 51.6 Å². The number of fused-ring (bicyclic) bond motifs is 3. The zero-order valence-electron chi connectivity index (χ0n) is 17.1. The van der Waals surface area contributed by atoms with E-state index in [2.05, 4.69) is 0 Å². The second-order valence-electron chi connectivity index (χ2n) is 9.40. The molecule has 0 aromatic carbocycles. The molecular weight excluding hydrogens is 360 g/mol. The predicted octanol–water partition coefficient (Wildman–Crippen LogP) is -0.278. The summed E-state index contributed by atoms with van der Waals surface area (Å²) in [5.41, 5.74) is 0. The van der Waals surface area contributed by atoms with Crippen molar-refractivity contribution in [3.63, 3.8) is 0 Å². The second kappa shape index (κ2) is 6.91. The van der Waals surface area contributed by atoms with Crippen molar-refractivity contribution in [3.05, 3.63) is 0 Å². The molecule has 5 aliphatic rings. The minimum Gasteiger partial charge on any atom is -0.308 e. The molecule has 2 bridgehead atoms. The van der Waals surface area contributed by atoms with E-state index in [9.17, 15) is 19.2 Å². The molecule has 4 amide bonds. The first-order chi connectivity index (χ1) is 13.2. The highest BCUT2D eigenvalue weighted by molar-refractivity contribution is 6.02. The first-order valence-electron chi connectivity index (χ1n) is 10.6. The highest BCUT2D eigenvalue weighted by atomic mass is 16.2. The van der Waals surface area contributed by atoms with Gasteiger partial charge in [-0.25, -0.2) is 0 Å². The SMILES string of the molecule is CC(C[N+]12CC[N+](CC(C)N3C(=O)CCC3=O)(CC1)CC2)N1C(=O)CCC1=O. The van der Waals surface area contributed by atoms with Crippen LogP contribution < -0.4 is 0 Å². The second-order valence-corrected chi connectivity index (χ2v) is 9.40. The first kappa shape index (κ1) is 19.5. The number of hydrogen-bond donors (Lipinski definition) is 0. The van der Waals surface area contributed by atoms with E-state index < -0.39 is 0 Å². The van der Waals surface area contributed by atoms with E-state index in [0.29, 0.717) is 25.7 Å². The predicted molar refractivity (Wildman–Crippen MR) is 101 cm³/mol. The molecule has 5 fully saturated rings. The number of carbonyl (C=O) groups excluding carboxylic acids is 4. The van der Waals surface area contributed by atoms with Crippen LogP contribution in [0.1, 0.15) is 39.5 Å². The number of hydrogen-bond acceptors (Lipinski definition) is 4. The highest BCUT2D eigenvalue weighted by Crippen LogP contribution is 2.30. The summed E-state index contributed by atoms with van der Waals surface area (Å²) in [5, 5.41) is 0. The number of imide groups is 2. The monoisotopic (exact) mass is 392 g/mol. The topological polar surface area (TPSA) is 74.8 Å². The van der Waals surface area contributed by atoms with Crippen LogP contribution in [0.4, 0.5) is 0 Å². The fourth-order valence-corrected chi connectivity index (χ4v) is 5.95. The maximum absolute atomic E-state index is 12.1. The summed E-state index contributed by atoms with van der Waals surface area (Å²) < 4.78 is 1.96. The Bertz CT molecular complexity index is 604. The normalized spacial score (nSPS) is 35.2. The van der Waals surface area contributed by atoms with Crippen LogP contribution in [0.3, 0.4) is 0 Å². The third-order valence-electron chi connectivity index (χ3n) is 7.51. The van der Waals surface area contributed by atoms with Gasteiger partial charge in [0.25, 0.3) is 0 Å². The summed E-state index contributed by atoms with van der Waals surface area (Å²) in [6.07, 6.45) is 1.42. The summed E-state index contributed by atoms with van der Waals surface area (Å²) in [4.78, 5) is 51.2. The Hall–Kier alpha value is -1.80. The van der Waals surface area contributed by atoms with E-state index in [-0.39, 0.29) is 35.7 Å². The third kappa shape index (κ3) is 3.26. The molecule has 5 heterocycles. The average Bonchev–Trinajstić information content (AvgIpc) is 3.17. The number of nitrogens with zero attached hydrogens (tertiary/aromatic N) is 4. The van der Waals surface area contributed by atoms with Gasteiger partial charge in [-0.05, 0) is 13.8 Å². The lowest BCUT2D eigenvalue weighted by Gasteiger charge is -2.57. The smallest absolute Gasteiger partial charge is 0.230 e. The summed E-state index contributed by atoms with van der Waals surface area (Å²) in [6.45, 7) is 11.9. The van der Waals surface area contributed by atoms with Crippen molar-refractivity contribution in [2.24, 2.45) is 0 Å². The zero-order valence-corrected chi connectivity index (χ0v) is 17.1. The Balaban J connectivity index is 1.37. The summed E-state index contributed by atoms with van der Waals surface area (Å²) in [7, 11) is 0. The molecule has 154 valence electrons. The molecular formula is C20H32N4O4+2. The fraction of sp³-hybridized carbons (Fsp3) is 0.800. The van der Waals surface area contributed by atoms with Gasteiger partial charge in [-0.15, -0.1) is 0 Å². The molecule has 0 saturated carbocycles. The number of quaternary nitrogens is 2. The van der Waals surface area contributed by atoms with Gasteiger partial charge in [0.2, 0.25) is 23.6 Å². The molecule has 2 atom stereocenters. The number of likely N-dealkylation sites (tertiary alicyclic amines) is 2. The molecule has 0 aromatic heterocycles. The molecule has 8 nitrogen and oxygen atoms in total. The van der Waals surface area contributed by atoms with Gasteiger partial charge in [0.15, 0.2) is 0 Å². The van der Waals surface area contributed by atoms with Crippen molar-refractivity contribution in [1.29, 1.82) is 0 Å². The van der Waals surface area contributed by atoms with Gasteiger partial charge in [-0.3, -0.25) is 29.0 Å². The number of carbonyl (C=O) groups is 4. The van der Waals surface area contributed by atoms with Crippen LogP contribution in [0, 0.1) is 0 Å². The first-order valence-corrected chi connectivity index (χ1v) is 10.6. The summed E-state index contributed by atoms with van der Waals surface area (Å²) >= 11 is 0. The van der Waals surface area contributed by atoms with E-state index in [1.54, 1.807) is 0 Å². The number of rotatable bonds is 6. The Morgan fingerprint density at radius 3 is 1.11 bits per heavy atom. The van der Waals surface area contributed by atoms with Crippen LogP contribution in [0.2, 0.25) is 0 Å². The van der Waals surface area contributed by atoms with Gasteiger partial charge in [0, 0.05) is 25.7 Å². The van der Waals surface area contributed by atoms with Crippen molar-refractivity contribution < 1.29 is 28.1 Å². The van der Waals surface area contributed by atoms with E-state index in [0.717, 1.165) is 61.3 Å². The van der Waals surface area contributed by atoms with Crippen LogP contribution in [-0.4, -0.2) is 107 Å². The molecule has 5 rings (SSSR count). The van der Waals surface area contributed by atoms with Gasteiger partial charge in [-0.2, -0.15) is 0 Å². The molecule has 0 aromatic rings. The van der Waals surface area contributed by atoms with Crippen molar-refractivity contribution >= 4 is 23.6 Å². The lowest BCUT2D eigenvalue weighted by atomic mass is 10.0. The van der Waals surface area contributed by atoms with Gasteiger partial charge < -0.3 is 8.97 Å². The molecule has 0 N–H and O–H groups in total. The van der Waals surface area contributed by atoms with Gasteiger partial charge in [0.05, 0.1) is 12.1 Å². The molecule has 5 saturated heterocycles. The number of piperazine rings is 3. The van der Waals surface area contributed by atoms with E-state index in [1.165, 1.54) is 9.80 Å². The third-order valence-corrected chi connectivity index (χ3v) is 7.51. The minimum absolute atomic E-state index is 0.0244. The van der Waals surface area contributed by atoms with Crippen molar-refractivity contribution in [2.75, 3.05) is 52.4 Å². The molecule has 0 aliphatic carbocycles. The minimum atomic E-state index is -0.0423. The molecule has 5 aliphatic heterocycles. The zero-order chi connectivity index (χ0) is 20.1. The fourth-order valence-electron chi connectivity index (χ4n) is 5.95. The van der Waals surface area contributed by atoms with E-state index >= 15 is 0 Å². The molecule has 0 spiro atoms. The van der Waals surface area contributed by atoms with Crippen LogP contribution in [0.25, 0.3) is 0 Å². The van der Waals surface area contributed by atoms with Gasteiger partial charge in [-0.1, -0.05) is 0 Å². The van der Waals surface area contributed by atoms with Gasteiger partial charge in [0.1, 0.15) is 52.4 Å². The standard InChI is InChI=1S/C20H32N4O4/c1-15(21-17(25)3-4-18(21)26)13-23-7-10-24(11-8-23,12-9-23)14-16(2)22-19(27)5-6-20(22)28/h15-16H,3-14H2,1-2H3/q+2. The molecule has 0 radical (unpaired) electrons. The maximum atomic E-state index is 12.1. The Morgan fingerprint density at radius 1 is 0.607 bits per heavy atom. The molecule has 28 heavy (non-hydrogen) atoms. The Labute approximate surface area is 166 Å². The number of amides is 4. The van der Waals surface area contributed by atoms with Crippen LogP contribution in [0.5, 0.6) is 0 Å². The van der Waals surface area contributed by atoms with Crippen molar-refractivity contribution in [1.82, 2.24) is 9.80 Å². The van der Waals surface area contributed by atoms with Crippen LogP contribution in [0.15, 0.2) is 0 Å². The van der Waals surface area contributed by atoms with Crippen LogP contribution >= 0.6 is 0 Å². The lowest BCUT2D eigenvalue weighted by molar-refractivity contribution is -1.08. The Morgan fingerprint density at radius 2 is 0.857 bits per heavy atom. The molecule has 8 heteroatoms. The van der Waals surface area contributed by atoms with E-state index in [4.69, 9.17) is 0 Å². The largest absolute Gasteiger partial charge is 0.308 e. The Kier molecular flexibility index (Phi) is 4.82.